The molecule has 0 heterocycles. The van der Waals surface area contributed by atoms with E-state index in [1.807, 2.05) is 19.1 Å². The quantitative estimate of drug-likeness (QED) is 0.299. The van der Waals surface area contributed by atoms with Crippen molar-refractivity contribution in [2.45, 2.75) is 71.1 Å². The average molecular weight is 477 g/mol. The number of benzene rings is 2. The predicted octanol–water partition coefficient (Wildman–Crippen LogP) is 8.89. The van der Waals surface area contributed by atoms with E-state index in [-0.39, 0.29) is 17.3 Å². The normalized spacial score (nSPS) is 24.4. The minimum absolute atomic E-state index is 0.199. The summed E-state index contributed by atoms with van der Waals surface area (Å²) in [5, 5.41) is 0. The number of hydrogen-bond acceptors (Lipinski definition) is 0. The lowest BCUT2D eigenvalue weighted by Gasteiger charge is -2.41. The lowest BCUT2D eigenvalue weighted by atomic mass is 9.64. The molecule has 0 radical (unpaired) electrons. The summed E-state index contributed by atoms with van der Waals surface area (Å²) in [6, 6.07) is 7.67. The molecule has 0 N–H and O–H groups in total. The van der Waals surface area contributed by atoms with Gasteiger partial charge in [-0.05, 0) is 124 Å². The molecule has 2 aromatic carbocycles. The second-order valence-electron chi connectivity index (χ2n) is 10.2. The maximum Gasteiger partial charge on any atom is 0.142 e. The van der Waals surface area contributed by atoms with Gasteiger partial charge >= 0.3 is 0 Å². The van der Waals surface area contributed by atoms with E-state index in [1.165, 1.54) is 37.5 Å². The average Bonchev–Trinajstić information content (AvgIpc) is 2.84. The summed E-state index contributed by atoms with van der Waals surface area (Å²) in [6.07, 6.45) is 16.6. The number of hydrogen-bond donors (Lipinski definition) is 0. The summed E-state index contributed by atoms with van der Waals surface area (Å²) in [6.45, 7) is 4.02. The summed E-state index contributed by atoms with van der Waals surface area (Å²) in [7, 11) is 0. The van der Waals surface area contributed by atoms with Crippen molar-refractivity contribution < 1.29 is 13.2 Å². The van der Waals surface area contributed by atoms with Gasteiger partial charge in [0.15, 0.2) is 0 Å². The molecule has 0 nitrogen and oxygen atoms in total. The van der Waals surface area contributed by atoms with E-state index >= 15 is 0 Å². The van der Waals surface area contributed by atoms with Crippen molar-refractivity contribution in [3.05, 3.63) is 94.3 Å². The van der Waals surface area contributed by atoms with E-state index in [0.29, 0.717) is 29.4 Å². The number of halogens is 3. The molecule has 2 aromatic rings. The first-order chi connectivity index (χ1) is 17.0. The third-order valence-electron chi connectivity index (χ3n) is 7.86. The monoisotopic (exact) mass is 476 g/mol. The van der Waals surface area contributed by atoms with Gasteiger partial charge in [0.2, 0.25) is 0 Å². The van der Waals surface area contributed by atoms with E-state index < -0.39 is 11.6 Å². The molecule has 4 unspecified atom stereocenters. The molecule has 35 heavy (non-hydrogen) atoms. The summed E-state index contributed by atoms with van der Waals surface area (Å²) >= 11 is 0. The van der Waals surface area contributed by atoms with Crippen molar-refractivity contribution in [1.29, 1.82) is 0 Å². The van der Waals surface area contributed by atoms with Gasteiger partial charge in [0.25, 0.3) is 0 Å². The lowest BCUT2D eigenvalue weighted by Crippen LogP contribution is -2.30. The third-order valence-corrected chi connectivity index (χ3v) is 7.86. The first-order valence-corrected chi connectivity index (χ1v) is 13.0. The van der Waals surface area contributed by atoms with E-state index in [1.54, 1.807) is 12.1 Å². The number of rotatable bonds is 5. The fourth-order valence-electron chi connectivity index (χ4n) is 5.99. The third kappa shape index (κ3) is 6.29. The first kappa shape index (κ1) is 25.4. The van der Waals surface area contributed by atoms with Crippen LogP contribution in [0, 0.1) is 47.0 Å². The zero-order chi connectivity index (χ0) is 24.8. The van der Waals surface area contributed by atoms with E-state index in [2.05, 4.69) is 30.9 Å². The molecular formula is C32H35F3. The molecule has 184 valence electrons. The number of allylic oxidation sites excluding steroid dienone is 4. The van der Waals surface area contributed by atoms with Gasteiger partial charge < -0.3 is 0 Å². The minimum atomic E-state index is -0.630. The zero-order valence-corrected chi connectivity index (χ0v) is 20.8. The van der Waals surface area contributed by atoms with Crippen LogP contribution in [-0.4, -0.2) is 0 Å². The smallest absolute Gasteiger partial charge is 0.142 e. The van der Waals surface area contributed by atoms with Gasteiger partial charge in [-0.15, -0.1) is 0 Å². The zero-order valence-electron chi connectivity index (χ0n) is 20.8. The van der Waals surface area contributed by atoms with Gasteiger partial charge in [-0.1, -0.05) is 42.2 Å². The molecule has 0 aliphatic heterocycles. The van der Waals surface area contributed by atoms with Crippen LogP contribution < -0.4 is 0 Å². The summed E-state index contributed by atoms with van der Waals surface area (Å²) in [4.78, 5) is 0. The summed E-state index contributed by atoms with van der Waals surface area (Å²) in [5.41, 5.74) is 1.52. The van der Waals surface area contributed by atoms with Crippen molar-refractivity contribution in [1.82, 2.24) is 0 Å². The van der Waals surface area contributed by atoms with Crippen LogP contribution in [-0.2, 0) is 6.42 Å². The highest BCUT2D eigenvalue weighted by Crippen LogP contribution is 2.48. The SMILES string of the molecule is C/C=C/CCc1ccc(C#Cc2c(F)cc(C3CCC4CC(/C=C/C)CCC4C3)cc2F)cc1F. The van der Waals surface area contributed by atoms with Crippen LogP contribution >= 0.6 is 0 Å². The molecule has 0 amide bonds. The lowest BCUT2D eigenvalue weighted by molar-refractivity contribution is 0.133. The molecule has 4 rings (SSSR count). The molecule has 0 saturated heterocycles. The Hall–Kier alpha value is -2.73. The van der Waals surface area contributed by atoms with E-state index in [0.717, 1.165) is 37.2 Å². The maximum atomic E-state index is 14.9. The molecule has 2 saturated carbocycles. The standard InChI is InChI=1S/C32H35F3/c1-3-5-6-8-24-12-9-23(18-30(24)33)11-16-29-31(34)20-28(21-32(29)35)27-15-14-25-17-22(7-4-2)10-13-26(25)19-27/h3-5,7,9,12,18,20-22,25-27H,6,8,10,13-15,17,19H2,1-2H3/b5-3+,7-4+. The Bertz CT molecular complexity index is 1120. The van der Waals surface area contributed by atoms with Crippen LogP contribution in [0.2, 0.25) is 0 Å². The topological polar surface area (TPSA) is 0 Å². The van der Waals surface area contributed by atoms with Gasteiger partial charge in [-0.25, -0.2) is 13.2 Å². The minimum Gasteiger partial charge on any atom is -0.207 e. The maximum absolute atomic E-state index is 14.9. The highest BCUT2D eigenvalue weighted by molar-refractivity contribution is 5.46. The molecule has 2 fully saturated rings. The molecule has 0 bridgehead atoms. The fraction of sp³-hybridized carbons (Fsp3) is 0.438. The van der Waals surface area contributed by atoms with Crippen LogP contribution in [0.25, 0.3) is 0 Å². The van der Waals surface area contributed by atoms with Gasteiger partial charge in [0, 0.05) is 5.56 Å². The van der Waals surface area contributed by atoms with Crippen molar-refractivity contribution in [2.24, 2.45) is 17.8 Å². The van der Waals surface area contributed by atoms with E-state index in [9.17, 15) is 13.2 Å². The van der Waals surface area contributed by atoms with Gasteiger partial charge in [0.05, 0.1) is 5.56 Å². The number of aryl methyl sites for hydroxylation is 1. The van der Waals surface area contributed by atoms with Gasteiger partial charge in [-0.3, -0.25) is 0 Å². The van der Waals surface area contributed by atoms with Crippen LogP contribution in [0.4, 0.5) is 13.2 Å². The largest absolute Gasteiger partial charge is 0.207 e. The van der Waals surface area contributed by atoms with Gasteiger partial charge in [0.1, 0.15) is 17.5 Å². The molecule has 2 aliphatic carbocycles. The van der Waals surface area contributed by atoms with Crippen LogP contribution in [0.15, 0.2) is 54.6 Å². The van der Waals surface area contributed by atoms with Crippen molar-refractivity contribution in [2.75, 3.05) is 0 Å². The Morgan fingerprint density at radius 3 is 2.29 bits per heavy atom. The summed E-state index contributed by atoms with van der Waals surface area (Å²) < 4.78 is 44.2. The molecule has 4 atom stereocenters. The second-order valence-corrected chi connectivity index (χ2v) is 10.2. The van der Waals surface area contributed by atoms with Crippen LogP contribution in [0.5, 0.6) is 0 Å². The molecule has 3 heteroatoms. The highest BCUT2D eigenvalue weighted by atomic mass is 19.1. The molecule has 0 aromatic heterocycles. The summed E-state index contributed by atoms with van der Waals surface area (Å²) in [5.74, 6) is 6.01. The molecule has 2 aliphatic rings. The molecule has 0 spiro atoms. The van der Waals surface area contributed by atoms with Crippen molar-refractivity contribution in [3.63, 3.8) is 0 Å². The van der Waals surface area contributed by atoms with Crippen LogP contribution in [0.3, 0.4) is 0 Å². The molecular weight excluding hydrogens is 441 g/mol. The fourth-order valence-corrected chi connectivity index (χ4v) is 5.99. The first-order valence-electron chi connectivity index (χ1n) is 13.0. The van der Waals surface area contributed by atoms with Crippen molar-refractivity contribution >= 4 is 0 Å². The predicted molar refractivity (Wildman–Crippen MR) is 138 cm³/mol. The Labute approximate surface area is 208 Å². The van der Waals surface area contributed by atoms with Gasteiger partial charge in [-0.2, -0.15) is 0 Å². The highest BCUT2D eigenvalue weighted by Gasteiger charge is 2.35. The Morgan fingerprint density at radius 2 is 1.57 bits per heavy atom. The van der Waals surface area contributed by atoms with Crippen LogP contribution in [0.1, 0.15) is 87.0 Å². The second kappa shape index (κ2) is 11.8. The Morgan fingerprint density at radius 1 is 0.829 bits per heavy atom. The number of fused-ring (bicyclic) bond motifs is 1. The van der Waals surface area contributed by atoms with Crippen molar-refractivity contribution in [3.8, 4) is 11.8 Å². The Balaban J connectivity index is 1.45. The Kier molecular flexibility index (Phi) is 8.55. The van der Waals surface area contributed by atoms with E-state index in [4.69, 9.17) is 0 Å².